The van der Waals surface area contributed by atoms with Crippen LogP contribution in [0.25, 0.3) is 0 Å². The van der Waals surface area contributed by atoms with E-state index in [1.54, 1.807) is 0 Å². The Kier molecular flexibility index (Phi) is 5.50. The number of hydrogen-bond donors (Lipinski definition) is 0. The van der Waals surface area contributed by atoms with Crippen molar-refractivity contribution in [1.29, 1.82) is 0 Å². The molecule has 0 aliphatic carbocycles. The average molecular weight is 417 g/mol. The molecule has 1 atom stereocenters. The van der Waals surface area contributed by atoms with Gasteiger partial charge in [-0.25, -0.2) is 18.4 Å². The van der Waals surface area contributed by atoms with Crippen LogP contribution in [-0.4, -0.2) is 36.0 Å². The number of allylic oxidation sites excluding steroid dienone is 1. The zero-order valence-electron chi connectivity index (χ0n) is 16.3. The molecule has 1 heterocycles. The molecule has 0 bridgehead atoms. The van der Waals surface area contributed by atoms with Crippen molar-refractivity contribution in [3.05, 3.63) is 81.0 Å². The van der Waals surface area contributed by atoms with Crippen LogP contribution >= 0.6 is 0 Å². The van der Waals surface area contributed by atoms with Crippen LogP contribution in [0.5, 0.6) is 0 Å². The van der Waals surface area contributed by atoms with Crippen LogP contribution < -0.4 is 4.90 Å². The molecule has 0 N–H and O–H groups in total. The molecule has 10 heteroatoms. The lowest BCUT2D eigenvalue weighted by Gasteiger charge is -2.40. The quantitative estimate of drug-likeness (QED) is 0.427. The Morgan fingerprint density at radius 3 is 2.47 bits per heavy atom. The summed E-state index contributed by atoms with van der Waals surface area (Å²) >= 11 is 0. The zero-order valence-corrected chi connectivity index (χ0v) is 16.3. The highest BCUT2D eigenvalue weighted by Gasteiger charge is 2.41. The molecule has 2 aromatic carbocycles. The molecule has 0 saturated heterocycles. The number of benzene rings is 2. The maximum atomic E-state index is 13.8. The van der Waals surface area contributed by atoms with E-state index in [0.717, 1.165) is 29.0 Å². The monoisotopic (exact) mass is 417 g/mol. The van der Waals surface area contributed by atoms with Gasteiger partial charge < -0.3 is 9.64 Å². The van der Waals surface area contributed by atoms with Crippen LogP contribution in [0.3, 0.4) is 0 Å². The number of halogens is 2. The average Bonchev–Trinajstić information content (AvgIpc) is 2.72. The molecule has 3 rings (SSSR count). The van der Waals surface area contributed by atoms with Gasteiger partial charge in [-0.3, -0.25) is 15.0 Å². The van der Waals surface area contributed by atoms with Crippen molar-refractivity contribution in [3.63, 3.8) is 0 Å². The highest BCUT2D eigenvalue weighted by atomic mass is 19.2. The Labute approximate surface area is 170 Å². The summed E-state index contributed by atoms with van der Waals surface area (Å²) in [4.78, 5) is 38.5. The van der Waals surface area contributed by atoms with E-state index < -0.39 is 34.6 Å². The fourth-order valence-corrected chi connectivity index (χ4v) is 3.42. The summed E-state index contributed by atoms with van der Waals surface area (Å²) in [5, 5.41) is 11.1. The number of nitrogens with zero attached hydrogens (tertiary/aromatic N) is 3. The van der Waals surface area contributed by atoms with E-state index in [9.17, 15) is 28.5 Å². The molecule has 0 saturated carbocycles. The number of urea groups is 1. The fourth-order valence-electron chi connectivity index (χ4n) is 3.42. The van der Waals surface area contributed by atoms with Crippen LogP contribution in [0, 0.1) is 21.7 Å². The Morgan fingerprint density at radius 2 is 1.87 bits per heavy atom. The van der Waals surface area contributed by atoms with Crippen LogP contribution in [-0.2, 0) is 9.53 Å². The van der Waals surface area contributed by atoms with E-state index in [4.69, 9.17) is 4.74 Å². The fraction of sp³-hybridized carbons (Fsp3) is 0.200. The molecule has 0 radical (unpaired) electrons. The molecular weight excluding hydrogens is 400 g/mol. The lowest BCUT2D eigenvalue weighted by molar-refractivity contribution is -0.384. The van der Waals surface area contributed by atoms with E-state index >= 15 is 0 Å². The van der Waals surface area contributed by atoms with Gasteiger partial charge in [0.15, 0.2) is 11.6 Å². The lowest BCUT2D eigenvalue weighted by Crippen LogP contribution is -2.49. The number of carbonyl (C=O) groups excluding carboxylic acids is 2. The minimum Gasteiger partial charge on any atom is -0.466 e. The predicted octanol–water partition coefficient (Wildman–Crippen LogP) is 3.93. The molecule has 30 heavy (non-hydrogen) atoms. The number of nitro groups is 1. The summed E-state index contributed by atoms with van der Waals surface area (Å²) < 4.78 is 32.1. The van der Waals surface area contributed by atoms with Gasteiger partial charge in [0.1, 0.15) is 0 Å². The molecule has 0 fully saturated rings. The molecule has 2 amide bonds. The molecule has 2 aromatic rings. The first kappa shape index (κ1) is 20.9. The van der Waals surface area contributed by atoms with Gasteiger partial charge in [-0.1, -0.05) is 12.1 Å². The topological polar surface area (TPSA) is 93.0 Å². The van der Waals surface area contributed by atoms with E-state index in [1.165, 1.54) is 44.3 Å². The van der Waals surface area contributed by atoms with Crippen molar-refractivity contribution in [2.45, 2.75) is 13.0 Å². The molecule has 0 unspecified atom stereocenters. The molecule has 1 aliphatic rings. The molecule has 0 aromatic heterocycles. The number of methoxy groups -OCH3 is 1. The van der Waals surface area contributed by atoms with Gasteiger partial charge >= 0.3 is 12.0 Å². The Bertz CT molecular complexity index is 1090. The van der Waals surface area contributed by atoms with E-state index in [2.05, 4.69) is 0 Å². The smallest absolute Gasteiger partial charge is 0.337 e. The second-order valence-electron chi connectivity index (χ2n) is 6.57. The van der Waals surface area contributed by atoms with E-state index in [0.29, 0.717) is 0 Å². The Hall–Kier alpha value is -3.82. The van der Waals surface area contributed by atoms with Gasteiger partial charge in [0.25, 0.3) is 5.69 Å². The van der Waals surface area contributed by atoms with Crippen molar-refractivity contribution in [3.8, 4) is 0 Å². The third kappa shape index (κ3) is 3.47. The predicted molar refractivity (Wildman–Crippen MR) is 103 cm³/mol. The van der Waals surface area contributed by atoms with Gasteiger partial charge in [-0.05, 0) is 30.7 Å². The van der Waals surface area contributed by atoms with Crippen LogP contribution in [0.4, 0.5) is 25.0 Å². The normalized spacial score (nSPS) is 16.7. The summed E-state index contributed by atoms with van der Waals surface area (Å²) in [6.45, 7) is 1.48. The number of non-ortho nitro benzene ring substituents is 1. The number of ether oxygens (including phenoxy) is 1. The number of hydrogen-bond acceptors (Lipinski definition) is 5. The standard InChI is InChI=1S/C20H17F2N3O5/c1-11-17(19(26)30-3)18(12-7-8-15(21)16(22)9-12)23(2)20(27)24(11)13-5-4-6-14(10-13)25(28)29/h4-10,18H,1-3H3/t18-/m1/s1. The summed E-state index contributed by atoms with van der Waals surface area (Å²) in [6, 6.07) is 6.77. The SMILES string of the molecule is COC(=O)C1=C(C)N(c2cccc([N+](=O)[O-])c2)C(=O)N(C)[C@@H]1c1ccc(F)c(F)c1. The first-order chi connectivity index (χ1) is 14.2. The largest absolute Gasteiger partial charge is 0.466 e. The summed E-state index contributed by atoms with van der Waals surface area (Å²) in [7, 11) is 2.53. The molecule has 156 valence electrons. The minimum atomic E-state index is -1.13. The van der Waals surface area contributed by atoms with Gasteiger partial charge in [0, 0.05) is 24.9 Å². The number of likely N-dealkylation sites (N-methyl/N-ethyl adjacent to an activating group) is 1. The number of esters is 1. The third-order valence-electron chi connectivity index (χ3n) is 4.84. The van der Waals surface area contributed by atoms with Gasteiger partial charge in [0.2, 0.25) is 0 Å². The first-order valence-electron chi connectivity index (χ1n) is 8.72. The summed E-state index contributed by atoms with van der Waals surface area (Å²) in [5.74, 6) is -2.98. The highest BCUT2D eigenvalue weighted by molar-refractivity contribution is 6.03. The van der Waals surface area contributed by atoms with Crippen molar-refractivity contribution >= 4 is 23.4 Å². The lowest BCUT2D eigenvalue weighted by atomic mass is 9.93. The second kappa shape index (κ2) is 7.90. The number of rotatable bonds is 4. The maximum absolute atomic E-state index is 13.8. The number of amides is 2. The summed E-state index contributed by atoms with van der Waals surface area (Å²) in [6.07, 6.45) is 0. The molecule has 0 spiro atoms. The molecule has 8 nitrogen and oxygen atoms in total. The Morgan fingerprint density at radius 1 is 1.17 bits per heavy atom. The summed E-state index contributed by atoms with van der Waals surface area (Å²) in [5.41, 5.74) is 0.266. The number of anilines is 1. The highest BCUT2D eigenvalue weighted by Crippen LogP contribution is 2.39. The maximum Gasteiger partial charge on any atom is 0.337 e. The number of carbonyl (C=O) groups is 2. The Balaban J connectivity index is 2.22. The van der Waals surface area contributed by atoms with Crippen molar-refractivity contribution in [2.75, 3.05) is 19.1 Å². The van der Waals surface area contributed by atoms with E-state index in [-0.39, 0.29) is 28.2 Å². The van der Waals surface area contributed by atoms with Crippen molar-refractivity contribution in [1.82, 2.24) is 4.90 Å². The van der Waals surface area contributed by atoms with E-state index in [1.807, 2.05) is 0 Å². The molecular formula is C20H17F2N3O5. The minimum absolute atomic E-state index is 0.0112. The van der Waals surface area contributed by atoms with Crippen LogP contribution in [0.1, 0.15) is 18.5 Å². The van der Waals surface area contributed by atoms with Crippen molar-refractivity contribution < 1.29 is 28.0 Å². The van der Waals surface area contributed by atoms with Gasteiger partial charge in [-0.15, -0.1) is 0 Å². The van der Waals surface area contributed by atoms with Crippen molar-refractivity contribution in [2.24, 2.45) is 0 Å². The molecule has 1 aliphatic heterocycles. The zero-order chi connectivity index (χ0) is 22.2. The van der Waals surface area contributed by atoms with Gasteiger partial charge in [0.05, 0.1) is 29.3 Å². The van der Waals surface area contributed by atoms with Gasteiger partial charge in [-0.2, -0.15) is 0 Å². The van der Waals surface area contributed by atoms with Crippen LogP contribution in [0.15, 0.2) is 53.7 Å². The third-order valence-corrected chi connectivity index (χ3v) is 4.84. The second-order valence-corrected chi connectivity index (χ2v) is 6.57. The van der Waals surface area contributed by atoms with Crippen LogP contribution in [0.2, 0.25) is 0 Å². The number of nitro benzene ring substituents is 1. The first-order valence-corrected chi connectivity index (χ1v) is 8.72.